The first-order valence-corrected chi connectivity index (χ1v) is 12.2. The fourth-order valence-electron chi connectivity index (χ4n) is 3.49. The zero-order chi connectivity index (χ0) is 19.6. The van der Waals surface area contributed by atoms with Gasteiger partial charge in [-0.15, -0.1) is 0 Å². The van der Waals surface area contributed by atoms with Gasteiger partial charge in [0.25, 0.3) is 0 Å². The normalized spacial score (nSPS) is 15.4. The van der Waals surface area contributed by atoms with E-state index in [0.29, 0.717) is 34.7 Å². The molecule has 0 saturated heterocycles. The number of thiol groups is 2. The Kier molecular flexibility index (Phi) is 14.6. The molecule has 2 atom stereocenters. The Balaban J connectivity index is 4.54. The molecule has 0 fully saturated rings. The van der Waals surface area contributed by atoms with Crippen LogP contribution in [0.15, 0.2) is 0 Å². The Bertz CT molecular complexity index is 276. The molecule has 0 radical (unpaired) electrons. The van der Waals surface area contributed by atoms with Crippen LogP contribution < -0.4 is 0 Å². The highest BCUT2D eigenvalue weighted by Crippen LogP contribution is 2.26. The summed E-state index contributed by atoms with van der Waals surface area (Å²) in [5, 5.41) is 1.24. The maximum Gasteiger partial charge on any atom is 0.0150 e. The Hall–Kier alpha value is 0.970. The third-order valence-electron chi connectivity index (χ3n) is 4.86. The van der Waals surface area contributed by atoms with Crippen LogP contribution in [0, 0.1) is 0 Å². The van der Waals surface area contributed by atoms with Gasteiger partial charge in [0.2, 0.25) is 0 Å². The second-order valence-electron chi connectivity index (χ2n) is 8.17. The van der Waals surface area contributed by atoms with E-state index in [1.807, 2.05) is 0 Å². The van der Waals surface area contributed by atoms with Gasteiger partial charge in [-0.1, -0.05) is 0 Å². The van der Waals surface area contributed by atoms with E-state index >= 15 is 0 Å². The minimum atomic E-state index is 0.608. The van der Waals surface area contributed by atoms with Crippen molar-refractivity contribution in [1.29, 1.82) is 0 Å². The van der Waals surface area contributed by atoms with Crippen LogP contribution in [0.5, 0.6) is 0 Å². The molecule has 0 aliphatic carbocycles. The molecule has 0 aromatic carbocycles. The maximum atomic E-state index is 4.63. The summed E-state index contributed by atoms with van der Waals surface area (Å²) in [7, 11) is 0. The second kappa shape index (κ2) is 14.0. The van der Waals surface area contributed by atoms with Crippen molar-refractivity contribution in [2.45, 2.75) is 103 Å². The van der Waals surface area contributed by atoms with Crippen molar-refractivity contribution in [3.8, 4) is 0 Å². The van der Waals surface area contributed by atoms with Gasteiger partial charge in [0.1, 0.15) is 0 Å². The largest absolute Gasteiger partial charge is 0.299 e. The highest BCUT2D eigenvalue weighted by molar-refractivity contribution is 8.01. The number of nitrogens with zero attached hydrogens (tertiary/aromatic N) is 2. The van der Waals surface area contributed by atoms with Gasteiger partial charge in [-0.2, -0.15) is 37.0 Å². The molecule has 0 rings (SSSR count). The number of thioether (sulfide) groups is 1. The zero-order valence-electron chi connectivity index (χ0n) is 17.9. The molecule has 25 heavy (non-hydrogen) atoms. The molecule has 0 bridgehead atoms. The van der Waals surface area contributed by atoms with Gasteiger partial charge in [-0.3, -0.25) is 9.80 Å². The van der Waals surface area contributed by atoms with Gasteiger partial charge in [0, 0.05) is 46.2 Å². The first-order valence-electron chi connectivity index (χ1n) is 10.0. The molecule has 0 aromatic heterocycles. The summed E-state index contributed by atoms with van der Waals surface area (Å²) in [5.41, 5.74) is 0. The summed E-state index contributed by atoms with van der Waals surface area (Å²) >= 11 is 11.4. The molecule has 152 valence electrons. The van der Waals surface area contributed by atoms with Crippen molar-refractivity contribution in [2.24, 2.45) is 0 Å². The van der Waals surface area contributed by atoms with Crippen LogP contribution in [-0.2, 0) is 0 Å². The quantitative estimate of drug-likeness (QED) is 0.375. The van der Waals surface area contributed by atoms with E-state index < -0.39 is 0 Å². The molecule has 0 amide bonds. The minimum Gasteiger partial charge on any atom is -0.299 e. The van der Waals surface area contributed by atoms with Crippen LogP contribution in [0.2, 0.25) is 0 Å². The molecule has 0 spiro atoms. The Morgan fingerprint density at radius 1 is 0.600 bits per heavy atom. The van der Waals surface area contributed by atoms with Crippen LogP contribution in [0.25, 0.3) is 0 Å². The highest BCUT2D eigenvalue weighted by atomic mass is 32.2. The van der Waals surface area contributed by atoms with E-state index in [2.05, 4.69) is 102 Å². The summed E-state index contributed by atoms with van der Waals surface area (Å²) in [6, 6.07) is 2.43. The molecule has 0 aromatic rings. The maximum absolute atomic E-state index is 4.63. The SMILES string of the molecule is CC(C)N(CCC(CS)SC(CS)CCN(C(C)C)C(C)C)C(C)C. The lowest BCUT2D eigenvalue weighted by Crippen LogP contribution is -2.39. The average molecular weight is 409 g/mol. The van der Waals surface area contributed by atoms with Crippen LogP contribution in [0.3, 0.4) is 0 Å². The predicted octanol–water partition coefficient (Wildman–Crippen LogP) is 5.33. The number of hydrogen-bond donors (Lipinski definition) is 2. The fourth-order valence-corrected chi connectivity index (χ4v) is 5.57. The van der Waals surface area contributed by atoms with E-state index in [4.69, 9.17) is 0 Å². The first-order chi connectivity index (χ1) is 11.6. The van der Waals surface area contributed by atoms with E-state index in [1.165, 1.54) is 12.8 Å². The second-order valence-corrected chi connectivity index (χ2v) is 10.5. The zero-order valence-corrected chi connectivity index (χ0v) is 20.5. The molecular formula is C20H44N2S3. The molecule has 0 aliphatic rings. The summed E-state index contributed by atoms with van der Waals surface area (Å²) in [5.74, 6) is 1.91. The lowest BCUT2D eigenvalue weighted by atomic mass is 10.2. The Labute approximate surface area is 174 Å². The third kappa shape index (κ3) is 10.8. The molecule has 0 heterocycles. The fraction of sp³-hybridized carbons (Fsp3) is 1.00. The first kappa shape index (κ1) is 26.0. The molecule has 2 nitrogen and oxygen atoms in total. The summed E-state index contributed by atoms with van der Waals surface area (Å²) < 4.78 is 0. The molecule has 5 heteroatoms. The number of rotatable bonds is 14. The predicted molar refractivity (Wildman–Crippen MR) is 126 cm³/mol. The minimum absolute atomic E-state index is 0.608. The molecule has 0 aliphatic heterocycles. The van der Waals surface area contributed by atoms with Crippen molar-refractivity contribution < 1.29 is 0 Å². The van der Waals surface area contributed by atoms with Gasteiger partial charge in [0.05, 0.1) is 0 Å². The Morgan fingerprint density at radius 3 is 1.08 bits per heavy atom. The monoisotopic (exact) mass is 408 g/mol. The lowest BCUT2D eigenvalue weighted by molar-refractivity contribution is 0.172. The van der Waals surface area contributed by atoms with E-state index in [9.17, 15) is 0 Å². The Morgan fingerprint density at radius 2 is 0.880 bits per heavy atom. The van der Waals surface area contributed by atoms with Gasteiger partial charge in [0.15, 0.2) is 0 Å². The lowest BCUT2D eigenvalue weighted by Gasteiger charge is -2.33. The molecule has 2 unspecified atom stereocenters. The summed E-state index contributed by atoms with van der Waals surface area (Å²) in [4.78, 5) is 5.18. The van der Waals surface area contributed by atoms with Gasteiger partial charge in [-0.05, 0) is 81.3 Å². The average Bonchev–Trinajstić information content (AvgIpc) is 2.50. The molecule has 0 N–H and O–H groups in total. The van der Waals surface area contributed by atoms with Crippen molar-refractivity contribution in [3.63, 3.8) is 0 Å². The van der Waals surface area contributed by atoms with E-state index in [0.717, 1.165) is 24.6 Å². The summed E-state index contributed by atoms with van der Waals surface area (Å²) in [6.45, 7) is 20.7. The van der Waals surface area contributed by atoms with Gasteiger partial charge < -0.3 is 0 Å². The van der Waals surface area contributed by atoms with Crippen molar-refractivity contribution in [2.75, 3.05) is 24.6 Å². The number of hydrogen-bond acceptors (Lipinski definition) is 5. The van der Waals surface area contributed by atoms with Crippen molar-refractivity contribution in [3.05, 3.63) is 0 Å². The van der Waals surface area contributed by atoms with Crippen LogP contribution in [-0.4, -0.2) is 69.1 Å². The van der Waals surface area contributed by atoms with Crippen LogP contribution in [0.1, 0.15) is 68.2 Å². The standard InChI is InChI=1S/C20H44N2S3/c1-15(2)21(16(3)4)11-9-19(13-23)25-20(14-24)10-12-22(17(5)6)18(7)8/h15-20,23-24H,9-14H2,1-8H3. The topological polar surface area (TPSA) is 6.48 Å². The summed E-state index contributed by atoms with van der Waals surface area (Å²) in [6.07, 6.45) is 2.43. The van der Waals surface area contributed by atoms with Crippen molar-refractivity contribution >= 4 is 37.0 Å². The van der Waals surface area contributed by atoms with Crippen molar-refractivity contribution in [1.82, 2.24) is 9.80 Å². The van der Waals surface area contributed by atoms with Crippen LogP contribution >= 0.6 is 37.0 Å². The van der Waals surface area contributed by atoms with E-state index in [1.54, 1.807) is 0 Å². The molecular weight excluding hydrogens is 364 g/mol. The van der Waals surface area contributed by atoms with Gasteiger partial charge in [-0.25, -0.2) is 0 Å². The molecule has 0 saturated carbocycles. The third-order valence-corrected chi connectivity index (χ3v) is 7.81. The van der Waals surface area contributed by atoms with Gasteiger partial charge >= 0.3 is 0 Å². The smallest absolute Gasteiger partial charge is 0.0150 e. The van der Waals surface area contributed by atoms with Crippen LogP contribution in [0.4, 0.5) is 0 Å². The van der Waals surface area contributed by atoms with E-state index in [-0.39, 0.29) is 0 Å². The highest BCUT2D eigenvalue weighted by Gasteiger charge is 2.21.